The molecule has 0 unspecified atom stereocenters. The van der Waals surface area contributed by atoms with E-state index >= 15 is 0 Å². The van der Waals surface area contributed by atoms with Gasteiger partial charge in [0.2, 0.25) is 0 Å². The second-order valence-electron chi connectivity index (χ2n) is 7.19. The molecular weight excluding hydrogens is 374 g/mol. The molecule has 0 atom stereocenters. The van der Waals surface area contributed by atoms with E-state index in [-0.39, 0.29) is 11.6 Å². The second-order valence-corrected chi connectivity index (χ2v) is 7.63. The van der Waals surface area contributed by atoms with Gasteiger partial charge in [0.1, 0.15) is 5.70 Å². The van der Waals surface area contributed by atoms with Crippen LogP contribution in [-0.2, 0) is 4.79 Å². The number of rotatable bonds is 3. The summed E-state index contributed by atoms with van der Waals surface area (Å²) in [5.41, 5.74) is 3.97. The van der Waals surface area contributed by atoms with E-state index in [0.717, 1.165) is 29.1 Å². The van der Waals surface area contributed by atoms with Gasteiger partial charge in [0.25, 0.3) is 5.91 Å². The smallest absolute Gasteiger partial charge is 0.333 e. The summed E-state index contributed by atoms with van der Waals surface area (Å²) in [6, 6.07) is 12.4. The fraction of sp³-hybridized carbons (Fsp3) is 0.273. The second kappa shape index (κ2) is 7.68. The first-order chi connectivity index (χ1) is 13.5. The Hall–Kier alpha value is -2.79. The van der Waals surface area contributed by atoms with Crippen LogP contribution in [0, 0.1) is 6.92 Å². The third-order valence-corrected chi connectivity index (χ3v) is 5.49. The molecule has 0 aromatic heterocycles. The average Bonchev–Trinajstić information content (AvgIpc) is 2.98. The van der Waals surface area contributed by atoms with Crippen LogP contribution in [0.2, 0.25) is 5.02 Å². The lowest BCUT2D eigenvalue weighted by molar-refractivity contribution is -0.113. The molecule has 2 aliphatic heterocycles. The highest BCUT2D eigenvalue weighted by atomic mass is 35.5. The number of nitrogens with one attached hydrogen (secondary N) is 1. The predicted molar refractivity (Wildman–Crippen MR) is 113 cm³/mol. The largest absolute Gasteiger partial charge is 0.372 e. The Morgan fingerprint density at radius 2 is 1.64 bits per heavy atom. The Balaban J connectivity index is 1.58. The zero-order valence-corrected chi connectivity index (χ0v) is 16.5. The molecule has 5 nitrogen and oxygen atoms in total. The van der Waals surface area contributed by atoms with Crippen molar-refractivity contribution in [2.24, 2.45) is 0 Å². The van der Waals surface area contributed by atoms with Gasteiger partial charge in [-0.2, -0.15) is 0 Å². The van der Waals surface area contributed by atoms with Crippen molar-refractivity contribution in [1.29, 1.82) is 0 Å². The highest BCUT2D eigenvalue weighted by molar-refractivity contribution is 6.31. The van der Waals surface area contributed by atoms with E-state index in [4.69, 9.17) is 11.6 Å². The van der Waals surface area contributed by atoms with Gasteiger partial charge in [-0.05, 0) is 79.8 Å². The number of hydrogen-bond acceptors (Lipinski definition) is 3. The molecule has 2 fully saturated rings. The van der Waals surface area contributed by atoms with Crippen LogP contribution in [0.5, 0.6) is 0 Å². The summed E-state index contributed by atoms with van der Waals surface area (Å²) >= 11 is 5.89. The van der Waals surface area contributed by atoms with Crippen molar-refractivity contribution in [3.05, 3.63) is 64.3 Å². The number of imide groups is 1. The fourth-order valence-electron chi connectivity index (χ4n) is 3.69. The van der Waals surface area contributed by atoms with E-state index in [2.05, 4.69) is 22.3 Å². The summed E-state index contributed by atoms with van der Waals surface area (Å²) in [4.78, 5) is 28.6. The van der Waals surface area contributed by atoms with E-state index < -0.39 is 6.03 Å². The van der Waals surface area contributed by atoms with Gasteiger partial charge in [0.15, 0.2) is 0 Å². The molecule has 0 saturated carbocycles. The third kappa shape index (κ3) is 3.62. The van der Waals surface area contributed by atoms with Crippen LogP contribution in [0.4, 0.5) is 16.2 Å². The van der Waals surface area contributed by atoms with Crippen molar-refractivity contribution in [2.75, 3.05) is 22.9 Å². The molecule has 2 aliphatic rings. The van der Waals surface area contributed by atoms with E-state index in [0.29, 0.717) is 10.7 Å². The summed E-state index contributed by atoms with van der Waals surface area (Å²) in [6.45, 7) is 4.20. The minimum Gasteiger partial charge on any atom is -0.372 e. The molecule has 0 spiro atoms. The molecule has 4 rings (SSSR count). The average molecular weight is 396 g/mol. The number of carbonyl (C=O) groups is 2. The Kier molecular flexibility index (Phi) is 5.09. The van der Waals surface area contributed by atoms with Crippen molar-refractivity contribution in [3.63, 3.8) is 0 Å². The lowest BCUT2D eigenvalue weighted by atomic mass is 10.0. The Bertz CT molecular complexity index is 947. The van der Waals surface area contributed by atoms with Crippen LogP contribution in [-0.4, -0.2) is 25.0 Å². The zero-order valence-electron chi connectivity index (χ0n) is 15.7. The molecule has 0 radical (unpaired) electrons. The normalized spacial score (nSPS) is 18.7. The van der Waals surface area contributed by atoms with Gasteiger partial charge in [-0.25, -0.2) is 9.69 Å². The minimum absolute atomic E-state index is 0.272. The summed E-state index contributed by atoms with van der Waals surface area (Å²) in [7, 11) is 0. The van der Waals surface area contributed by atoms with Crippen LogP contribution in [0.15, 0.2) is 48.2 Å². The maximum absolute atomic E-state index is 12.8. The number of halogens is 1. The van der Waals surface area contributed by atoms with Crippen molar-refractivity contribution >= 4 is 41.0 Å². The molecule has 6 heteroatoms. The minimum atomic E-state index is -0.457. The molecule has 0 aliphatic carbocycles. The standard InChI is InChI=1S/C22H22ClN3O2/c1-15-13-19(25-11-3-2-4-12-25)8-5-16(15)14-20-21(27)26(22(28)24-20)18-9-6-17(23)7-10-18/h5-10,13-14H,2-4,11-12H2,1H3,(H,24,28)/b20-14+. The van der Waals surface area contributed by atoms with Crippen molar-refractivity contribution < 1.29 is 9.59 Å². The molecule has 2 aromatic carbocycles. The topological polar surface area (TPSA) is 52.7 Å². The van der Waals surface area contributed by atoms with Crippen molar-refractivity contribution in [1.82, 2.24) is 5.32 Å². The highest BCUT2D eigenvalue weighted by Gasteiger charge is 2.34. The molecular formula is C22H22ClN3O2. The van der Waals surface area contributed by atoms with Crippen LogP contribution in [0.1, 0.15) is 30.4 Å². The number of anilines is 2. The Morgan fingerprint density at radius 1 is 0.964 bits per heavy atom. The third-order valence-electron chi connectivity index (χ3n) is 5.24. The Morgan fingerprint density at radius 3 is 2.32 bits per heavy atom. The number of aryl methyl sites for hydroxylation is 1. The lowest BCUT2D eigenvalue weighted by Crippen LogP contribution is -2.30. The molecule has 1 N–H and O–H groups in total. The number of carbonyl (C=O) groups excluding carboxylic acids is 2. The number of piperidine rings is 1. The van der Waals surface area contributed by atoms with Gasteiger partial charge in [-0.3, -0.25) is 4.79 Å². The number of benzene rings is 2. The molecule has 3 amide bonds. The van der Waals surface area contributed by atoms with Crippen molar-refractivity contribution in [3.8, 4) is 0 Å². The van der Waals surface area contributed by atoms with Gasteiger partial charge in [0, 0.05) is 23.8 Å². The van der Waals surface area contributed by atoms with Gasteiger partial charge in [-0.15, -0.1) is 0 Å². The van der Waals surface area contributed by atoms with Crippen LogP contribution in [0.3, 0.4) is 0 Å². The van der Waals surface area contributed by atoms with Crippen LogP contribution < -0.4 is 15.1 Å². The summed E-state index contributed by atoms with van der Waals surface area (Å²) in [6.07, 6.45) is 5.49. The van der Waals surface area contributed by atoms with Gasteiger partial charge >= 0.3 is 6.03 Å². The monoisotopic (exact) mass is 395 g/mol. The fourth-order valence-corrected chi connectivity index (χ4v) is 3.81. The Labute approximate surface area is 169 Å². The number of amides is 3. The molecule has 144 valence electrons. The molecule has 0 bridgehead atoms. The molecule has 2 heterocycles. The molecule has 28 heavy (non-hydrogen) atoms. The maximum Gasteiger partial charge on any atom is 0.333 e. The maximum atomic E-state index is 12.8. The zero-order chi connectivity index (χ0) is 19.7. The van der Waals surface area contributed by atoms with E-state index in [1.807, 2.05) is 13.0 Å². The molecule has 2 aromatic rings. The number of hydrogen-bond donors (Lipinski definition) is 1. The first-order valence-electron chi connectivity index (χ1n) is 9.51. The van der Waals surface area contributed by atoms with Crippen LogP contribution >= 0.6 is 11.6 Å². The first kappa shape index (κ1) is 18.6. The molecule has 2 saturated heterocycles. The summed E-state index contributed by atoms with van der Waals surface area (Å²) in [5, 5.41) is 3.23. The predicted octanol–water partition coefficient (Wildman–Crippen LogP) is 4.74. The first-order valence-corrected chi connectivity index (χ1v) is 9.89. The summed E-state index contributed by atoms with van der Waals surface area (Å²) < 4.78 is 0. The van der Waals surface area contributed by atoms with E-state index in [1.54, 1.807) is 30.3 Å². The van der Waals surface area contributed by atoms with E-state index in [9.17, 15) is 9.59 Å². The summed E-state index contributed by atoms with van der Waals surface area (Å²) in [5.74, 6) is -0.369. The SMILES string of the molecule is Cc1cc(N2CCCCC2)ccc1/C=C1/NC(=O)N(c2ccc(Cl)cc2)C1=O. The quantitative estimate of drug-likeness (QED) is 0.603. The highest BCUT2D eigenvalue weighted by Crippen LogP contribution is 2.27. The van der Waals surface area contributed by atoms with E-state index in [1.165, 1.54) is 24.9 Å². The van der Waals surface area contributed by atoms with Gasteiger partial charge in [-0.1, -0.05) is 17.7 Å². The lowest BCUT2D eigenvalue weighted by Gasteiger charge is -2.29. The van der Waals surface area contributed by atoms with Crippen molar-refractivity contribution in [2.45, 2.75) is 26.2 Å². The van der Waals surface area contributed by atoms with Crippen LogP contribution in [0.25, 0.3) is 6.08 Å². The number of nitrogens with zero attached hydrogens (tertiary/aromatic N) is 2. The van der Waals surface area contributed by atoms with Gasteiger partial charge < -0.3 is 10.2 Å². The van der Waals surface area contributed by atoms with Gasteiger partial charge in [0.05, 0.1) is 5.69 Å². The number of urea groups is 1.